The molecule has 0 fully saturated rings. The number of Topliss-reactive ketones (excluding diaryl/α,β-unsaturated/α-hetero) is 1. The third kappa shape index (κ3) is 16.7. The molecule has 2 aromatic carbocycles. The molecule has 0 bridgehead atoms. The van der Waals surface area contributed by atoms with E-state index >= 15 is 0 Å². The van der Waals surface area contributed by atoms with Crippen molar-refractivity contribution < 1.29 is 36.0 Å². The van der Waals surface area contributed by atoms with Crippen LogP contribution in [0.4, 0.5) is 17.1 Å². The Labute approximate surface area is 316 Å². The number of unbranched alkanes of at least 4 members (excludes halogenated alkanes) is 13. The number of nitrogens with one attached hydrogen (secondary N) is 3. The lowest BCUT2D eigenvalue weighted by molar-refractivity contribution is -0.133. The first-order chi connectivity index (χ1) is 24.3. The average molecular weight is 784 g/mol. The Balaban J connectivity index is 1.97. The van der Waals surface area contributed by atoms with Crippen LogP contribution in [0, 0.1) is 5.41 Å². The molecule has 0 saturated carbocycles. The van der Waals surface area contributed by atoms with Crippen LogP contribution in [0.25, 0.3) is 0 Å². The van der Waals surface area contributed by atoms with Crippen LogP contribution in [0.3, 0.4) is 0 Å². The van der Waals surface area contributed by atoms with Crippen molar-refractivity contribution in [3.63, 3.8) is 0 Å². The fourth-order valence-electron chi connectivity index (χ4n) is 5.30. The molecule has 0 aliphatic carbocycles. The van der Waals surface area contributed by atoms with Crippen molar-refractivity contribution in [1.82, 2.24) is 0 Å². The monoisotopic (exact) mass is 783 g/mol. The number of ether oxygens (including phenoxy) is 1. The number of benzene rings is 2. The molecule has 0 radical (unpaired) electrons. The summed E-state index contributed by atoms with van der Waals surface area (Å²) in [4.78, 5) is 38.6. The zero-order valence-electron chi connectivity index (χ0n) is 31.6. The van der Waals surface area contributed by atoms with E-state index in [2.05, 4.69) is 22.3 Å². The average Bonchev–Trinajstić information content (AvgIpc) is 3.04. The van der Waals surface area contributed by atoms with E-state index in [0.29, 0.717) is 6.42 Å². The van der Waals surface area contributed by atoms with Crippen molar-refractivity contribution in [3.05, 3.63) is 41.4 Å². The van der Waals surface area contributed by atoms with E-state index in [4.69, 9.17) is 16.3 Å². The van der Waals surface area contributed by atoms with E-state index in [1.807, 2.05) is 0 Å². The molecule has 2 aromatic rings. The molecule has 0 aliphatic heterocycles. The van der Waals surface area contributed by atoms with Crippen LogP contribution < -0.4 is 20.1 Å². The SMILES string of the molecule is CCCCCCCCCCCCCCCCS(=O)(=O)Nc1ccc(Cl)c(NC(=O)C(Oc2ccc(S(C)(=O)=O)cc2NC(=O)C(C)(C)C)C(C)=O)c1. The number of carbonyl (C=O) groups is 3. The number of halogens is 1. The second-order valence-corrected chi connectivity index (χ2v) is 18.7. The van der Waals surface area contributed by atoms with Gasteiger partial charge in [-0.25, -0.2) is 16.8 Å². The molecule has 292 valence electrons. The molecule has 1 unspecified atom stereocenters. The van der Waals surface area contributed by atoms with E-state index in [1.54, 1.807) is 20.8 Å². The highest BCUT2D eigenvalue weighted by atomic mass is 35.5. The van der Waals surface area contributed by atoms with Crippen LogP contribution in [-0.2, 0) is 34.2 Å². The first-order valence-corrected chi connectivity index (χ1v) is 22.2. The zero-order valence-corrected chi connectivity index (χ0v) is 34.0. The summed E-state index contributed by atoms with van der Waals surface area (Å²) in [7, 11) is -7.35. The number of anilines is 3. The van der Waals surface area contributed by atoms with Gasteiger partial charge in [0.25, 0.3) is 5.91 Å². The maximum atomic E-state index is 13.3. The van der Waals surface area contributed by atoms with E-state index < -0.39 is 49.0 Å². The number of rotatable bonds is 24. The molecule has 0 aromatic heterocycles. The van der Waals surface area contributed by atoms with Gasteiger partial charge in [-0.1, -0.05) is 123 Å². The second-order valence-electron chi connectivity index (χ2n) is 14.4. The Morgan fingerprint density at radius 1 is 0.750 bits per heavy atom. The minimum atomic E-state index is -3.68. The number of hydrogen-bond donors (Lipinski definition) is 3. The van der Waals surface area contributed by atoms with Gasteiger partial charge in [-0.15, -0.1) is 0 Å². The molecule has 52 heavy (non-hydrogen) atoms. The summed E-state index contributed by atoms with van der Waals surface area (Å²) in [5.41, 5.74) is -0.693. The molecule has 0 aliphatic rings. The third-order valence-corrected chi connectivity index (χ3v) is 11.2. The minimum Gasteiger partial charge on any atom is -0.471 e. The summed E-state index contributed by atoms with van der Waals surface area (Å²) in [6, 6.07) is 7.89. The van der Waals surface area contributed by atoms with E-state index in [0.717, 1.165) is 32.4 Å². The van der Waals surface area contributed by atoms with Crippen molar-refractivity contribution in [3.8, 4) is 5.75 Å². The molecule has 0 heterocycles. The van der Waals surface area contributed by atoms with Crippen LogP contribution in [-0.4, -0.2) is 52.5 Å². The molecule has 14 heteroatoms. The standard InChI is InChI=1S/C38H58ClN3O8S2/c1-7-8-9-10-11-12-13-14-15-16-17-18-19-20-25-52(48,49)42-29-21-23-31(39)32(26-29)40-36(44)35(28(2)43)50-34-24-22-30(51(6,46)47)27-33(34)41-37(45)38(3,4)5/h21-24,26-27,35,42H,7-20,25H2,1-6H3,(H,40,44)(H,41,45). The lowest BCUT2D eigenvalue weighted by Crippen LogP contribution is -2.39. The Morgan fingerprint density at radius 2 is 1.29 bits per heavy atom. The molecular formula is C38H58ClN3O8S2. The lowest BCUT2D eigenvalue weighted by atomic mass is 9.95. The van der Waals surface area contributed by atoms with Gasteiger partial charge >= 0.3 is 0 Å². The van der Waals surface area contributed by atoms with Gasteiger partial charge < -0.3 is 15.4 Å². The van der Waals surface area contributed by atoms with Gasteiger partial charge in [0.2, 0.25) is 22.0 Å². The normalized spacial score (nSPS) is 12.6. The Morgan fingerprint density at radius 3 is 1.79 bits per heavy atom. The van der Waals surface area contributed by atoms with Gasteiger partial charge in [0.1, 0.15) is 5.75 Å². The zero-order chi connectivity index (χ0) is 39.0. The number of carbonyl (C=O) groups excluding carboxylic acids is 3. The fourth-order valence-corrected chi connectivity index (χ4v) is 7.28. The van der Waals surface area contributed by atoms with Gasteiger partial charge in [0, 0.05) is 11.7 Å². The number of sulfone groups is 1. The van der Waals surface area contributed by atoms with Crippen molar-refractivity contribution in [1.29, 1.82) is 0 Å². The highest BCUT2D eigenvalue weighted by Gasteiger charge is 2.29. The van der Waals surface area contributed by atoms with Crippen molar-refractivity contribution >= 4 is 66.1 Å². The number of ketones is 1. The Bertz CT molecular complexity index is 1710. The number of sulfonamides is 1. The van der Waals surface area contributed by atoms with Gasteiger partial charge in [0.15, 0.2) is 15.6 Å². The number of hydrogen-bond acceptors (Lipinski definition) is 8. The summed E-state index contributed by atoms with van der Waals surface area (Å²) in [5.74, 6) is -2.24. The lowest BCUT2D eigenvalue weighted by Gasteiger charge is -2.22. The predicted molar refractivity (Wildman–Crippen MR) is 211 cm³/mol. The molecule has 0 saturated heterocycles. The Kier molecular flexibility index (Phi) is 18.6. The largest absolute Gasteiger partial charge is 0.471 e. The molecule has 2 amide bonds. The smallest absolute Gasteiger partial charge is 0.273 e. The van der Waals surface area contributed by atoms with Gasteiger partial charge in [0.05, 0.1) is 32.7 Å². The first-order valence-electron chi connectivity index (χ1n) is 18.3. The van der Waals surface area contributed by atoms with Crippen LogP contribution in [0.15, 0.2) is 41.3 Å². The van der Waals surface area contributed by atoms with Gasteiger partial charge in [-0.2, -0.15) is 0 Å². The first kappa shape index (κ1) is 45.0. The van der Waals surface area contributed by atoms with E-state index in [-0.39, 0.29) is 38.5 Å². The quantitative estimate of drug-likeness (QED) is 0.0702. The van der Waals surface area contributed by atoms with Crippen molar-refractivity contribution in [2.75, 3.05) is 27.4 Å². The van der Waals surface area contributed by atoms with Crippen molar-refractivity contribution in [2.45, 2.75) is 136 Å². The van der Waals surface area contributed by atoms with Crippen LogP contribution in [0.2, 0.25) is 5.02 Å². The molecular weight excluding hydrogens is 726 g/mol. The minimum absolute atomic E-state index is 0.0342. The van der Waals surface area contributed by atoms with Gasteiger partial charge in [-0.3, -0.25) is 19.1 Å². The predicted octanol–water partition coefficient (Wildman–Crippen LogP) is 8.93. The highest BCUT2D eigenvalue weighted by molar-refractivity contribution is 7.92. The second kappa shape index (κ2) is 21.5. The molecule has 2 rings (SSSR count). The fraction of sp³-hybridized carbons (Fsp3) is 0.605. The van der Waals surface area contributed by atoms with Gasteiger partial charge in [-0.05, 0) is 49.7 Å². The maximum Gasteiger partial charge on any atom is 0.273 e. The van der Waals surface area contributed by atoms with Crippen LogP contribution in [0.5, 0.6) is 5.75 Å². The summed E-state index contributed by atoms with van der Waals surface area (Å²) in [6.07, 6.45) is 15.6. The highest BCUT2D eigenvalue weighted by Crippen LogP contribution is 2.32. The van der Waals surface area contributed by atoms with Crippen LogP contribution in [0.1, 0.15) is 125 Å². The summed E-state index contributed by atoms with van der Waals surface area (Å²) >= 11 is 6.32. The molecule has 1 atom stereocenters. The topological polar surface area (TPSA) is 165 Å². The number of amides is 2. The summed E-state index contributed by atoms with van der Waals surface area (Å²) in [5, 5.41) is 5.22. The Hall–Kier alpha value is -3.16. The van der Waals surface area contributed by atoms with Crippen LogP contribution >= 0.6 is 11.6 Å². The van der Waals surface area contributed by atoms with Crippen molar-refractivity contribution in [2.24, 2.45) is 5.41 Å². The summed E-state index contributed by atoms with van der Waals surface area (Å²) in [6.45, 7) is 8.34. The third-order valence-electron chi connectivity index (χ3n) is 8.42. The molecule has 3 N–H and O–H groups in total. The van der Waals surface area contributed by atoms with E-state index in [9.17, 15) is 31.2 Å². The molecule has 0 spiro atoms. The molecule has 11 nitrogen and oxygen atoms in total. The van der Waals surface area contributed by atoms with E-state index in [1.165, 1.54) is 101 Å². The maximum absolute atomic E-state index is 13.3. The summed E-state index contributed by atoms with van der Waals surface area (Å²) < 4.78 is 58.4.